The monoisotopic (exact) mass is 283 g/mol. The van der Waals surface area contributed by atoms with Gasteiger partial charge in [-0.15, -0.1) is 11.3 Å². The van der Waals surface area contributed by atoms with E-state index in [2.05, 4.69) is 24.0 Å². The second-order valence-electron chi connectivity index (χ2n) is 4.61. The van der Waals surface area contributed by atoms with Gasteiger partial charge < -0.3 is 10.2 Å². The number of hydrogen-bond acceptors (Lipinski definition) is 4. The molecule has 1 aromatic heterocycles. The lowest BCUT2D eigenvalue weighted by atomic mass is 10.1. The van der Waals surface area contributed by atoms with E-state index < -0.39 is 0 Å². The SMILES string of the molecule is Cc1ccc(-c2nc(-c3ccc(O)c(O)c3)cs2)cc1. The van der Waals surface area contributed by atoms with Crippen molar-refractivity contribution in [2.24, 2.45) is 0 Å². The maximum Gasteiger partial charge on any atom is 0.158 e. The molecule has 4 heteroatoms. The maximum absolute atomic E-state index is 9.54. The zero-order valence-corrected chi connectivity index (χ0v) is 11.7. The summed E-state index contributed by atoms with van der Waals surface area (Å²) in [6, 6.07) is 12.9. The average Bonchev–Trinajstić information content (AvgIpc) is 2.92. The van der Waals surface area contributed by atoms with Gasteiger partial charge >= 0.3 is 0 Å². The zero-order valence-electron chi connectivity index (χ0n) is 10.9. The summed E-state index contributed by atoms with van der Waals surface area (Å²) in [6.45, 7) is 2.05. The summed E-state index contributed by atoms with van der Waals surface area (Å²) in [5, 5.41) is 21.8. The fraction of sp³-hybridized carbons (Fsp3) is 0.0625. The minimum atomic E-state index is -0.132. The van der Waals surface area contributed by atoms with Crippen molar-refractivity contribution in [3.05, 3.63) is 53.4 Å². The van der Waals surface area contributed by atoms with Crippen LogP contribution >= 0.6 is 11.3 Å². The third-order valence-electron chi connectivity index (χ3n) is 3.07. The van der Waals surface area contributed by atoms with Crippen molar-refractivity contribution < 1.29 is 10.2 Å². The lowest BCUT2D eigenvalue weighted by Crippen LogP contribution is -1.80. The Morgan fingerprint density at radius 2 is 1.60 bits per heavy atom. The molecule has 0 aliphatic heterocycles. The molecule has 0 amide bonds. The van der Waals surface area contributed by atoms with Crippen molar-refractivity contribution in [2.75, 3.05) is 0 Å². The Kier molecular flexibility index (Phi) is 3.16. The van der Waals surface area contributed by atoms with E-state index in [1.54, 1.807) is 17.4 Å². The molecule has 3 nitrogen and oxygen atoms in total. The highest BCUT2D eigenvalue weighted by atomic mass is 32.1. The van der Waals surface area contributed by atoms with Gasteiger partial charge in [0.25, 0.3) is 0 Å². The molecule has 0 saturated heterocycles. The summed E-state index contributed by atoms with van der Waals surface area (Å²) in [7, 11) is 0. The third-order valence-corrected chi connectivity index (χ3v) is 3.97. The van der Waals surface area contributed by atoms with Crippen molar-refractivity contribution in [2.45, 2.75) is 6.92 Å². The molecule has 0 unspecified atom stereocenters. The van der Waals surface area contributed by atoms with Gasteiger partial charge in [0, 0.05) is 16.5 Å². The first-order chi connectivity index (χ1) is 9.63. The van der Waals surface area contributed by atoms with Crippen molar-refractivity contribution in [3.8, 4) is 33.3 Å². The summed E-state index contributed by atoms with van der Waals surface area (Å²) in [6.07, 6.45) is 0. The summed E-state index contributed by atoms with van der Waals surface area (Å²) in [4.78, 5) is 4.58. The van der Waals surface area contributed by atoms with E-state index >= 15 is 0 Å². The van der Waals surface area contributed by atoms with Crippen LogP contribution in [-0.2, 0) is 0 Å². The number of rotatable bonds is 2. The minimum Gasteiger partial charge on any atom is -0.504 e. The molecule has 2 aromatic carbocycles. The normalized spacial score (nSPS) is 10.7. The van der Waals surface area contributed by atoms with Crippen LogP contribution < -0.4 is 0 Å². The number of thiazole rings is 1. The summed E-state index contributed by atoms with van der Waals surface area (Å²) in [5.41, 5.74) is 3.87. The highest BCUT2D eigenvalue weighted by Gasteiger charge is 2.08. The van der Waals surface area contributed by atoms with E-state index in [0.29, 0.717) is 0 Å². The Labute approximate surface area is 120 Å². The lowest BCUT2D eigenvalue weighted by molar-refractivity contribution is 0.404. The van der Waals surface area contributed by atoms with Crippen molar-refractivity contribution in [1.29, 1.82) is 0 Å². The lowest BCUT2D eigenvalue weighted by Gasteiger charge is -2.00. The smallest absolute Gasteiger partial charge is 0.158 e. The first-order valence-corrected chi connectivity index (χ1v) is 7.06. The molecule has 100 valence electrons. The molecular formula is C16H13NO2S. The molecule has 0 radical (unpaired) electrons. The van der Waals surface area contributed by atoms with E-state index in [-0.39, 0.29) is 11.5 Å². The van der Waals surface area contributed by atoms with E-state index in [0.717, 1.165) is 21.8 Å². The topological polar surface area (TPSA) is 53.4 Å². The number of aromatic nitrogens is 1. The van der Waals surface area contributed by atoms with Crippen molar-refractivity contribution in [1.82, 2.24) is 4.98 Å². The Hall–Kier alpha value is -2.33. The van der Waals surface area contributed by atoms with Gasteiger partial charge in [0.15, 0.2) is 11.5 Å². The van der Waals surface area contributed by atoms with Crippen LogP contribution in [0.2, 0.25) is 0 Å². The van der Waals surface area contributed by atoms with Crippen LogP contribution in [0.1, 0.15) is 5.56 Å². The third kappa shape index (κ3) is 2.38. The molecule has 0 saturated carbocycles. The number of benzene rings is 2. The molecule has 0 bridgehead atoms. The van der Waals surface area contributed by atoms with E-state index in [9.17, 15) is 10.2 Å². The Bertz CT molecular complexity index is 747. The fourth-order valence-corrected chi connectivity index (χ4v) is 2.75. The number of aryl methyl sites for hydroxylation is 1. The molecule has 2 N–H and O–H groups in total. The van der Waals surface area contributed by atoms with Gasteiger partial charge in [-0.3, -0.25) is 0 Å². The molecule has 0 aliphatic rings. The molecule has 1 heterocycles. The predicted molar refractivity (Wildman–Crippen MR) is 81.1 cm³/mol. The number of phenolic OH excluding ortho intramolecular Hbond substituents is 2. The number of hydrogen-bond donors (Lipinski definition) is 2. The molecule has 0 atom stereocenters. The van der Waals surface area contributed by atoms with Gasteiger partial charge in [0.2, 0.25) is 0 Å². The van der Waals surface area contributed by atoms with Crippen molar-refractivity contribution >= 4 is 11.3 Å². The van der Waals surface area contributed by atoms with Crippen LogP contribution in [0, 0.1) is 6.92 Å². The zero-order chi connectivity index (χ0) is 14.1. The molecule has 20 heavy (non-hydrogen) atoms. The summed E-state index contributed by atoms with van der Waals surface area (Å²) >= 11 is 1.56. The molecule has 3 aromatic rings. The van der Waals surface area contributed by atoms with Gasteiger partial charge in [0.05, 0.1) is 5.69 Å². The first-order valence-electron chi connectivity index (χ1n) is 6.18. The van der Waals surface area contributed by atoms with Crippen LogP contribution in [0.15, 0.2) is 47.8 Å². The predicted octanol–water partition coefficient (Wildman–Crippen LogP) is 4.20. The van der Waals surface area contributed by atoms with Gasteiger partial charge in [-0.2, -0.15) is 0 Å². The van der Waals surface area contributed by atoms with Crippen LogP contribution in [0.25, 0.3) is 21.8 Å². The molecule has 3 rings (SSSR count). The quantitative estimate of drug-likeness (QED) is 0.693. The molecule has 0 fully saturated rings. The van der Waals surface area contributed by atoms with E-state index in [1.807, 2.05) is 17.5 Å². The second-order valence-corrected chi connectivity index (χ2v) is 5.47. The number of aromatic hydroxyl groups is 2. The van der Waals surface area contributed by atoms with Gasteiger partial charge in [-0.25, -0.2) is 4.98 Å². The summed E-state index contributed by atoms with van der Waals surface area (Å²) < 4.78 is 0. The van der Waals surface area contributed by atoms with Crippen LogP contribution in [0.4, 0.5) is 0 Å². The highest BCUT2D eigenvalue weighted by Crippen LogP contribution is 2.33. The Morgan fingerprint density at radius 1 is 0.900 bits per heavy atom. The van der Waals surface area contributed by atoms with E-state index in [4.69, 9.17) is 0 Å². The van der Waals surface area contributed by atoms with Crippen LogP contribution in [0.5, 0.6) is 11.5 Å². The summed E-state index contributed by atoms with van der Waals surface area (Å²) in [5.74, 6) is -0.255. The fourth-order valence-electron chi connectivity index (χ4n) is 1.92. The first kappa shape index (κ1) is 12.7. The van der Waals surface area contributed by atoms with E-state index in [1.165, 1.54) is 17.7 Å². The molecular weight excluding hydrogens is 270 g/mol. The largest absolute Gasteiger partial charge is 0.504 e. The highest BCUT2D eigenvalue weighted by molar-refractivity contribution is 7.13. The standard InChI is InChI=1S/C16H13NO2S/c1-10-2-4-11(5-3-10)16-17-13(9-20-16)12-6-7-14(18)15(19)8-12/h2-9,18-19H,1H3. The van der Waals surface area contributed by atoms with Crippen molar-refractivity contribution in [3.63, 3.8) is 0 Å². The Balaban J connectivity index is 1.97. The van der Waals surface area contributed by atoms with Gasteiger partial charge in [0.1, 0.15) is 5.01 Å². The minimum absolute atomic E-state index is 0.122. The number of phenols is 2. The maximum atomic E-state index is 9.54. The Morgan fingerprint density at radius 3 is 2.30 bits per heavy atom. The van der Waals surface area contributed by atoms with Gasteiger partial charge in [-0.1, -0.05) is 29.8 Å². The average molecular weight is 283 g/mol. The molecule has 0 aliphatic carbocycles. The second kappa shape index (κ2) is 4.98. The van der Waals surface area contributed by atoms with Gasteiger partial charge in [-0.05, 0) is 25.1 Å². The van der Waals surface area contributed by atoms with Crippen LogP contribution in [-0.4, -0.2) is 15.2 Å². The molecule has 0 spiro atoms. The van der Waals surface area contributed by atoms with Crippen LogP contribution in [0.3, 0.4) is 0 Å². The number of nitrogens with zero attached hydrogens (tertiary/aromatic N) is 1.